The Kier molecular flexibility index (Phi) is 2.42. The molecule has 0 heteroatoms. The summed E-state index contributed by atoms with van der Waals surface area (Å²) in [5.74, 6) is 0. The van der Waals surface area contributed by atoms with E-state index >= 15 is 0 Å². The highest BCUT2D eigenvalue weighted by atomic mass is 14.0. The molecule has 0 heterocycles. The summed E-state index contributed by atoms with van der Waals surface area (Å²) in [5.41, 5.74) is 1.05. The van der Waals surface area contributed by atoms with Gasteiger partial charge in [-0.1, -0.05) is 61.2 Å². The molecule has 0 aromatic heterocycles. The lowest BCUT2D eigenvalue weighted by Gasteiger charge is -1.99. The van der Waals surface area contributed by atoms with Crippen molar-refractivity contribution in [3.8, 4) is 0 Å². The van der Waals surface area contributed by atoms with Gasteiger partial charge in [0, 0.05) is 0 Å². The first-order chi connectivity index (χ1) is 7.18. The summed E-state index contributed by atoms with van der Waals surface area (Å²) in [6, 6.07) is 12.5. The average molecular weight is 194 g/mol. The minimum atomic E-state index is 1.05. The number of fused-ring (bicyclic) bond motifs is 1. The van der Waals surface area contributed by atoms with Crippen molar-refractivity contribution >= 4 is 23.4 Å². The van der Waals surface area contributed by atoms with Gasteiger partial charge in [-0.2, -0.15) is 0 Å². The molecule has 0 amide bonds. The minimum absolute atomic E-state index is 1.05. The first-order valence-corrected chi connectivity index (χ1v) is 5.02. The third-order valence-corrected chi connectivity index (χ3v) is 2.45. The van der Waals surface area contributed by atoms with Gasteiger partial charge < -0.3 is 0 Å². The van der Waals surface area contributed by atoms with Crippen LogP contribution in [-0.4, -0.2) is 0 Å². The Balaban J connectivity index is 2.99. The zero-order valence-corrected chi connectivity index (χ0v) is 8.96. The Labute approximate surface area is 89.9 Å². The Morgan fingerprint density at radius 2 is 1.87 bits per heavy atom. The molecule has 0 unspecified atom stereocenters. The average Bonchev–Trinajstić information content (AvgIpc) is 2.22. The Hall–Kier alpha value is -1.82. The van der Waals surface area contributed by atoms with E-state index < -0.39 is 0 Å². The predicted octanol–water partition coefficient (Wildman–Crippen LogP) is 2.61. The lowest BCUT2D eigenvalue weighted by atomic mass is 10.1. The third-order valence-electron chi connectivity index (χ3n) is 2.45. The maximum atomic E-state index is 4.05. The fraction of sp³-hybridized carbons (Fsp3) is 0.0667. The molecule has 0 saturated carbocycles. The summed E-state index contributed by atoms with van der Waals surface area (Å²) in [4.78, 5) is 0. The molecule has 0 N–H and O–H groups in total. The van der Waals surface area contributed by atoms with Crippen molar-refractivity contribution in [1.82, 2.24) is 0 Å². The Morgan fingerprint density at radius 3 is 2.60 bits per heavy atom. The second kappa shape index (κ2) is 3.74. The fourth-order valence-electron chi connectivity index (χ4n) is 1.76. The minimum Gasteiger partial charge on any atom is -0.0961 e. The van der Waals surface area contributed by atoms with E-state index in [2.05, 4.69) is 55.6 Å². The van der Waals surface area contributed by atoms with Crippen molar-refractivity contribution in [2.75, 3.05) is 0 Å². The largest absolute Gasteiger partial charge is 0.0961 e. The second-order valence-electron chi connectivity index (χ2n) is 3.85. The van der Waals surface area contributed by atoms with Gasteiger partial charge in [-0.15, -0.1) is 0 Å². The number of rotatable bonds is 1. The van der Waals surface area contributed by atoms with Gasteiger partial charge in [0.15, 0.2) is 0 Å². The number of benzene rings is 2. The predicted molar refractivity (Wildman–Crippen MR) is 68.0 cm³/mol. The third kappa shape index (κ3) is 1.84. The van der Waals surface area contributed by atoms with E-state index in [4.69, 9.17) is 0 Å². The van der Waals surface area contributed by atoms with Crippen molar-refractivity contribution < 1.29 is 0 Å². The highest BCUT2D eigenvalue weighted by Crippen LogP contribution is 2.06. The molecular formula is C15H14. The van der Waals surface area contributed by atoms with Crippen molar-refractivity contribution in [1.29, 1.82) is 0 Å². The first-order valence-electron chi connectivity index (χ1n) is 5.02. The molecule has 0 spiro atoms. The molecule has 0 aliphatic rings. The van der Waals surface area contributed by atoms with E-state index in [1.165, 1.54) is 16.0 Å². The normalized spacial score (nSPS) is 11.9. The van der Waals surface area contributed by atoms with Crippen molar-refractivity contribution in [3.63, 3.8) is 0 Å². The van der Waals surface area contributed by atoms with Crippen LogP contribution in [0.3, 0.4) is 0 Å². The van der Waals surface area contributed by atoms with Crippen LogP contribution in [0.2, 0.25) is 0 Å². The smallest absolute Gasteiger partial charge is 0.0106 e. The monoisotopic (exact) mass is 194 g/mol. The number of hydrogen-bond acceptors (Lipinski definition) is 0. The molecule has 15 heavy (non-hydrogen) atoms. The van der Waals surface area contributed by atoms with Gasteiger partial charge in [-0.05, 0) is 28.1 Å². The van der Waals surface area contributed by atoms with E-state index in [1.54, 1.807) is 0 Å². The van der Waals surface area contributed by atoms with Crippen molar-refractivity contribution in [2.45, 2.75) is 6.92 Å². The van der Waals surface area contributed by atoms with E-state index in [1.807, 2.05) is 6.92 Å². The molecule has 0 aliphatic heterocycles. The van der Waals surface area contributed by atoms with Crippen LogP contribution in [0.4, 0.5) is 0 Å². The molecule has 2 rings (SSSR count). The summed E-state index contributed by atoms with van der Waals surface area (Å²) in [5, 5.41) is 4.72. The van der Waals surface area contributed by atoms with E-state index in [-0.39, 0.29) is 0 Å². The maximum absolute atomic E-state index is 4.05. The summed E-state index contributed by atoms with van der Waals surface area (Å²) in [6.07, 6.45) is 2.09. The van der Waals surface area contributed by atoms with Crippen LogP contribution >= 0.6 is 0 Å². The molecule has 0 saturated heterocycles. The molecule has 0 aliphatic carbocycles. The summed E-state index contributed by atoms with van der Waals surface area (Å²) >= 11 is 0. The van der Waals surface area contributed by atoms with Gasteiger partial charge in [0.2, 0.25) is 0 Å². The van der Waals surface area contributed by atoms with Crippen LogP contribution < -0.4 is 10.4 Å². The Morgan fingerprint density at radius 1 is 1.13 bits per heavy atom. The number of hydrogen-bond donors (Lipinski definition) is 0. The molecule has 0 bridgehead atoms. The van der Waals surface area contributed by atoms with Gasteiger partial charge >= 0.3 is 0 Å². The van der Waals surface area contributed by atoms with Crippen molar-refractivity contribution in [2.24, 2.45) is 0 Å². The van der Waals surface area contributed by atoms with Gasteiger partial charge in [0.25, 0.3) is 0 Å². The highest BCUT2D eigenvalue weighted by Gasteiger charge is 1.93. The quantitative estimate of drug-likeness (QED) is 0.654. The molecule has 2 aromatic rings. The van der Waals surface area contributed by atoms with Crippen LogP contribution in [0.1, 0.15) is 6.92 Å². The van der Waals surface area contributed by atoms with Gasteiger partial charge in [0.05, 0.1) is 0 Å². The molecule has 74 valence electrons. The van der Waals surface area contributed by atoms with Crippen LogP contribution in [0, 0.1) is 0 Å². The van der Waals surface area contributed by atoms with Gasteiger partial charge in [0.1, 0.15) is 0 Å². The SMILES string of the molecule is C=C(C)/C=c1\c(=C)ccc2ccccc12. The summed E-state index contributed by atoms with van der Waals surface area (Å²) in [6.45, 7) is 9.97. The fourth-order valence-corrected chi connectivity index (χ4v) is 1.76. The molecule has 0 atom stereocenters. The topological polar surface area (TPSA) is 0 Å². The lowest BCUT2D eigenvalue weighted by Crippen LogP contribution is -2.23. The zero-order chi connectivity index (χ0) is 10.8. The molecule has 0 fully saturated rings. The first kappa shape index (κ1) is 9.72. The second-order valence-corrected chi connectivity index (χ2v) is 3.85. The highest BCUT2D eigenvalue weighted by molar-refractivity contribution is 5.84. The van der Waals surface area contributed by atoms with Gasteiger partial charge in [-0.3, -0.25) is 0 Å². The zero-order valence-electron chi connectivity index (χ0n) is 8.96. The maximum Gasteiger partial charge on any atom is -0.0106 e. The molecule has 0 nitrogen and oxygen atoms in total. The van der Waals surface area contributed by atoms with E-state index in [9.17, 15) is 0 Å². The van der Waals surface area contributed by atoms with Gasteiger partial charge in [-0.25, -0.2) is 0 Å². The Bertz CT molecular complexity index is 618. The van der Waals surface area contributed by atoms with Crippen LogP contribution in [0.15, 0.2) is 48.6 Å². The molecule has 2 aromatic carbocycles. The van der Waals surface area contributed by atoms with Crippen LogP contribution in [0.25, 0.3) is 23.4 Å². The van der Waals surface area contributed by atoms with Crippen molar-refractivity contribution in [3.05, 3.63) is 59.0 Å². The molecule has 0 radical (unpaired) electrons. The summed E-state index contributed by atoms with van der Waals surface area (Å²) < 4.78 is 0. The van der Waals surface area contributed by atoms with Crippen LogP contribution in [0.5, 0.6) is 0 Å². The van der Waals surface area contributed by atoms with E-state index in [0.29, 0.717) is 0 Å². The molecular weight excluding hydrogens is 180 g/mol. The lowest BCUT2D eigenvalue weighted by molar-refractivity contribution is 1.55. The summed E-state index contributed by atoms with van der Waals surface area (Å²) in [7, 11) is 0. The van der Waals surface area contributed by atoms with Crippen LogP contribution in [-0.2, 0) is 0 Å². The van der Waals surface area contributed by atoms with E-state index in [0.717, 1.165) is 10.8 Å². The standard InChI is InChI=1S/C15H14/c1-11(2)10-15-12(3)8-9-13-6-4-5-7-14(13)15/h4-10H,1,3H2,2H3/b15-10+. The number of allylic oxidation sites excluding steroid dienone is 1.